The smallest absolute Gasteiger partial charge is 0.202 e. The van der Waals surface area contributed by atoms with Gasteiger partial charge in [0.25, 0.3) is 0 Å². The molecule has 0 aliphatic carbocycles. The highest BCUT2D eigenvalue weighted by Gasteiger charge is 2.16. The topological polar surface area (TPSA) is 26.3 Å². The molecule has 0 atom stereocenters. The summed E-state index contributed by atoms with van der Waals surface area (Å²) in [7, 11) is 0. The van der Waals surface area contributed by atoms with Crippen LogP contribution in [0.3, 0.4) is 0 Å². The van der Waals surface area contributed by atoms with Crippen molar-refractivity contribution in [3.63, 3.8) is 0 Å². The van der Waals surface area contributed by atoms with E-state index in [1.165, 1.54) is 6.07 Å². The lowest BCUT2D eigenvalue weighted by Gasteiger charge is -2.06. The highest BCUT2D eigenvalue weighted by molar-refractivity contribution is 7.20. The van der Waals surface area contributed by atoms with Gasteiger partial charge in [0.1, 0.15) is 10.2 Å². The van der Waals surface area contributed by atoms with Crippen LogP contribution in [0, 0.1) is 11.6 Å². The molecule has 0 spiro atoms. The number of ketones is 1. The van der Waals surface area contributed by atoms with Crippen molar-refractivity contribution >= 4 is 40.3 Å². The molecule has 0 radical (unpaired) electrons. The van der Waals surface area contributed by atoms with Crippen molar-refractivity contribution in [1.29, 1.82) is 0 Å². The molecule has 2 nitrogen and oxygen atoms in total. The van der Waals surface area contributed by atoms with E-state index in [1.54, 1.807) is 0 Å². The number of ether oxygens (including phenoxy) is 1. The molecule has 0 fully saturated rings. The second-order valence-corrected chi connectivity index (χ2v) is 5.81. The molecule has 0 aliphatic rings. The van der Waals surface area contributed by atoms with Crippen LogP contribution < -0.4 is 4.74 Å². The summed E-state index contributed by atoms with van der Waals surface area (Å²) in [4.78, 5) is 11.8. The van der Waals surface area contributed by atoms with Gasteiger partial charge in [0, 0.05) is 6.07 Å². The summed E-state index contributed by atoms with van der Waals surface area (Å²) in [6.07, 6.45) is 0. The summed E-state index contributed by atoms with van der Waals surface area (Å²) in [6.45, 7) is -0.451. The third-order valence-electron chi connectivity index (χ3n) is 2.21. The number of halogens is 4. The minimum atomic E-state index is -0.747. The minimum absolute atomic E-state index is 0.202. The molecule has 1 heterocycles. The quantitative estimate of drug-likeness (QED) is 0.769. The van der Waals surface area contributed by atoms with Gasteiger partial charge in [-0.3, -0.25) is 4.79 Å². The zero-order chi connectivity index (χ0) is 14.0. The van der Waals surface area contributed by atoms with Gasteiger partial charge in [-0.15, -0.1) is 11.3 Å². The Morgan fingerprint density at radius 3 is 2.63 bits per heavy atom. The van der Waals surface area contributed by atoms with Crippen molar-refractivity contribution in [2.75, 3.05) is 6.61 Å². The monoisotopic (exact) mass is 322 g/mol. The van der Waals surface area contributed by atoms with Gasteiger partial charge < -0.3 is 4.74 Å². The second kappa shape index (κ2) is 5.86. The molecule has 100 valence electrons. The number of rotatable bonds is 4. The molecule has 0 bridgehead atoms. The van der Waals surface area contributed by atoms with E-state index >= 15 is 0 Å². The number of thiophene rings is 1. The van der Waals surface area contributed by atoms with Gasteiger partial charge >= 0.3 is 0 Å². The van der Waals surface area contributed by atoms with Crippen LogP contribution in [0.4, 0.5) is 8.78 Å². The highest BCUT2D eigenvalue weighted by atomic mass is 35.5. The maximum absolute atomic E-state index is 13.3. The summed E-state index contributed by atoms with van der Waals surface area (Å²) < 4.78 is 31.7. The first-order valence-corrected chi connectivity index (χ1v) is 6.60. The zero-order valence-electron chi connectivity index (χ0n) is 9.25. The van der Waals surface area contributed by atoms with Crippen molar-refractivity contribution in [3.8, 4) is 5.75 Å². The first kappa shape index (κ1) is 14.2. The lowest BCUT2D eigenvalue weighted by Crippen LogP contribution is -2.12. The van der Waals surface area contributed by atoms with Crippen molar-refractivity contribution in [2.45, 2.75) is 0 Å². The van der Waals surface area contributed by atoms with Crippen molar-refractivity contribution < 1.29 is 18.3 Å². The summed E-state index contributed by atoms with van der Waals surface area (Å²) in [5.74, 6) is -2.19. The van der Waals surface area contributed by atoms with Gasteiger partial charge in [-0.05, 0) is 18.2 Å². The summed E-state index contributed by atoms with van der Waals surface area (Å²) >= 11 is 12.6. The van der Waals surface area contributed by atoms with Crippen molar-refractivity contribution in [2.24, 2.45) is 0 Å². The Kier molecular flexibility index (Phi) is 4.39. The number of Topliss-reactive ketones (excluding diaryl/α,β-unsaturated/α-hetero) is 1. The molecule has 0 saturated heterocycles. The van der Waals surface area contributed by atoms with Gasteiger partial charge in [0.05, 0.1) is 9.90 Å². The zero-order valence-corrected chi connectivity index (χ0v) is 11.6. The SMILES string of the molecule is O=C(COc1cc(F)ccc1F)c1cc(Cl)sc1Cl. The van der Waals surface area contributed by atoms with E-state index < -0.39 is 24.0 Å². The molecule has 1 aromatic carbocycles. The first-order chi connectivity index (χ1) is 8.97. The molecule has 0 unspecified atom stereocenters. The molecule has 0 aliphatic heterocycles. The van der Waals surface area contributed by atoms with E-state index in [0.717, 1.165) is 29.5 Å². The van der Waals surface area contributed by atoms with Crippen LogP contribution in [0.25, 0.3) is 0 Å². The molecule has 2 rings (SSSR count). The fourth-order valence-corrected chi connectivity index (χ4v) is 2.84. The normalized spacial score (nSPS) is 10.5. The Balaban J connectivity index is 2.08. The largest absolute Gasteiger partial charge is 0.482 e. The van der Waals surface area contributed by atoms with Gasteiger partial charge in [-0.2, -0.15) is 0 Å². The maximum atomic E-state index is 13.3. The van der Waals surface area contributed by atoms with Gasteiger partial charge in [0.2, 0.25) is 5.78 Å². The number of carbonyl (C=O) groups is 1. The van der Waals surface area contributed by atoms with E-state index in [0.29, 0.717) is 4.34 Å². The number of hydrogen-bond acceptors (Lipinski definition) is 3. The van der Waals surface area contributed by atoms with Crippen LogP contribution >= 0.6 is 34.5 Å². The van der Waals surface area contributed by atoms with Crippen molar-refractivity contribution in [3.05, 3.63) is 50.1 Å². The number of benzene rings is 1. The lowest BCUT2D eigenvalue weighted by atomic mass is 10.2. The van der Waals surface area contributed by atoms with E-state index in [4.69, 9.17) is 27.9 Å². The van der Waals surface area contributed by atoms with Crippen LogP contribution in [0.5, 0.6) is 5.75 Å². The first-order valence-electron chi connectivity index (χ1n) is 5.03. The summed E-state index contributed by atoms with van der Waals surface area (Å²) in [6, 6.07) is 4.15. The molecule has 7 heteroatoms. The molecular weight excluding hydrogens is 317 g/mol. The third-order valence-corrected chi connectivity index (χ3v) is 3.70. The predicted molar refractivity (Wildman–Crippen MR) is 70.5 cm³/mol. The average Bonchev–Trinajstić information content (AvgIpc) is 2.69. The van der Waals surface area contributed by atoms with Crippen LogP contribution in [0.1, 0.15) is 10.4 Å². The fraction of sp³-hybridized carbons (Fsp3) is 0.0833. The van der Waals surface area contributed by atoms with E-state index in [1.807, 2.05) is 0 Å². The maximum Gasteiger partial charge on any atom is 0.202 e. The summed E-state index contributed by atoms with van der Waals surface area (Å²) in [5, 5.41) is 0. The van der Waals surface area contributed by atoms with Gasteiger partial charge in [0.15, 0.2) is 18.2 Å². The van der Waals surface area contributed by atoms with E-state index in [9.17, 15) is 13.6 Å². The van der Waals surface area contributed by atoms with Crippen LogP contribution in [0.2, 0.25) is 8.67 Å². The molecule has 0 amide bonds. The molecule has 1 aromatic heterocycles. The van der Waals surface area contributed by atoms with Crippen LogP contribution in [-0.4, -0.2) is 12.4 Å². The molecule has 0 N–H and O–H groups in total. The van der Waals surface area contributed by atoms with Crippen molar-refractivity contribution in [1.82, 2.24) is 0 Å². The Morgan fingerprint density at radius 2 is 2.00 bits per heavy atom. The Bertz CT molecular complexity index is 628. The number of hydrogen-bond donors (Lipinski definition) is 0. The van der Waals surface area contributed by atoms with Gasteiger partial charge in [-0.1, -0.05) is 23.2 Å². The Labute approximate surface area is 121 Å². The fourth-order valence-electron chi connectivity index (χ4n) is 1.34. The Hall–Kier alpha value is -1.17. The second-order valence-electron chi connectivity index (χ2n) is 3.52. The summed E-state index contributed by atoms with van der Waals surface area (Å²) in [5.41, 5.74) is 0.202. The average molecular weight is 323 g/mol. The molecule has 0 saturated carbocycles. The minimum Gasteiger partial charge on any atom is -0.482 e. The molecular formula is C12H6Cl2F2O2S. The molecule has 2 aromatic rings. The van der Waals surface area contributed by atoms with Gasteiger partial charge in [-0.25, -0.2) is 8.78 Å². The lowest BCUT2D eigenvalue weighted by molar-refractivity contribution is 0.0919. The Morgan fingerprint density at radius 1 is 1.26 bits per heavy atom. The molecule has 19 heavy (non-hydrogen) atoms. The number of carbonyl (C=O) groups excluding carboxylic acids is 1. The van der Waals surface area contributed by atoms with E-state index in [2.05, 4.69) is 0 Å². The van der Waals surface area contributed by atoms with E-state index in [-0.39, 0.29) is 15.6 Å². The third kappa shape index (κ3) is 3.43. The van der Waals surface area contributed by atoms with Crippen LogP contribution in [0.15, 0.2) is 24.3 Å². The highest BCUT2D eigenvalue weighted by Crippen LogP contribution is 2.31. The standard InChI is InChI=1S/C12H6Cl2F2O2S/c13-11-4-7(12(14)19-11)9(17)5-18-10-3-6(15)1-2-8(10)16/h1-4H,5H2. The predicted octanol–water partition coefficient (Wildman–Crippen LogP) is 4.59. The van der Waals surface area contributed by atoms with Crippen LogP contribution in [-0.2, 0) is 0 Å².